The van der Waals surface area contributed by atoms with Gasteiger partial charge in [-0.25, -0.2) is 4.98 Å². The van der Waals surface area contributed by atoms with Crippen LogP contribution in [0.1, 0.15) is 5.01 Å². The van der Waals surface area contributed by atoms with Crippen LogP contribution in [0.2, 0.25) is 0 Å². The third-order valence-electron chi connectivity index (χ3n) is 2.25. The molecule has 88 valence electrons. The van der Waals surface area contributed by atoms with Crippen LogP contribution < -0.4 is 4.74 Å². The van der Waals surface area contributed by atoms with Gasteiger partial charge in [-0.2, -0.15) is 0 Å². The zero-order valence-corrected chi connectivity index (χ0v) is 11.5. The Morgan fingerprint density at radius 2 is 2.35 bits per heavy atom. The van der Waals surface area contributed by atoms with Crippen molar-refractivity contribution in [3.05, 3.63) is 33.1 Å². The molecule has 0 N–H and O–H groups in total. The van der Waals surface area contributed by atoms with Gasteiger partial charge < -0.3 is 9.53 Å². The van der Waals surface area contributed by atoms with Gasteiger partial charge in [0.05, 0.1) is 19.2 Å². The number of rotatable bonds is 4. The average Bonchev–Trinajstić information content (AvgIpc) is 2.78. The largest absolute Gasteiger partial charge is 0.496 e. The molecule has 0 bridgehead atoms. The van der Waals surface area contributed by atoms with E-state index in [4.69, 9.17) is 4.74 Å². The van der Waals surface area contributed by atoms with Gasteiger partial charge in [0, 0.05) is 15.4 Å². The van der Waals surface area contributed by atoms with Gasteiger partial charge in [0.15, 0.2) is 0 Å². The minimum Gasteiger partial charge on any atom is -0.496 e. The second kappa shape index (κ2) is 5.42. The highest BCUT2D eigenvalue weighted by Crippen LogP contribution is 2.33. The molecule has 2 rings (SSSR count). The van der Waals surface area contributed by atoms with E-state index in [1.54, 1.807) is 7.11 Å². The summed E-state index contributed by atoms with van der Waals surface area (Å²) in [6.45, 7) is 0. The molecule has 5 heteroatoms. The Labute approximate surface area is 112 Å². The highest BCUT2D eigenvalue weighted by Gasteiger charge is 2.10. The maximum absolute atomic E-state index is 10.4. The molecule has 1 heterocycles. The highest BCUT2D eigenvalue weighted by atomic mass is 79.9. The van der Waals surface area contributed by atoms with Crippen LogP contribution in [0, 0.1) is 0 Å². The van der Waals surface area contributed by atoms with Crippen LogP contribution in [0.3, 0.4) is 0 Å². The first kappa shape index (κ1) is 12.3. The van der Waals surface area contributed by atoms with E-state index in [9.17, 15) is 4.79 Å². The number of carbonyl (C=O) groups is 1. The molecule has 0 aliphatic rings. The first-order chi connectivity index (χ1) is 8.24. The van der Waals surface area contributed by atoms with E-state index >= 15 is 0 Å². The van der Waals surface area contributed by atoms with E-state index in [1.807, 2.05) is 23.6 Å². The quantitative estimate of drug-likeness (QED) is 0.813. The van der Waals surface area contributed by atoms with E-state index in [0.717, 1.165) is 32.8 Å². The van der Waals surface area contributed by atoms with Crippen molar-refractivity contribution >= 4 is 33.6 Å². The molecule has 0 fully saturated rings. The van der Waals surface area contributed by atoms with Crippen molar-refractivity contribution < 1.29 is 9.53 Å². The lowest BCUT2D eigenvalue weighted by Crippen LogP contribution is -1.89. The Morgan fingerprint density at radius 3 is 3.06 bits per heavy atom. The number of aromatic nitrogens is 1. The summed E-state index contributed by atoms with van der Waals surface area (Å²) < 4.78 is 6.27. The number of carbonyl (C=O) groups excluding carboxylic acids is 1. The topological polar surface area (TPSA) is 39.2 Å². The normalized spacial score (nSPS) is 10.2. The summed E-state index contributed by atoms with van der Waals surface area (Å²) in [5.41, 5.74) is 1.76. The number of methoxy groups -OCH3 is 1. The lowest BCUT2D eigenvalue weighted by molar-refractivity contribution is -0.107. The number of benzene rings is 1. The molecule has 0 saturated carbocycles. The molecule has 0 atom stereocenters. The summed E-state index contributed by atoms with van der Waals surface area (Å²) in [6.07, 6.45) is 1.22. The van der Waals surface area contributed by atoms with E-state index in [1.165, 1.54) is 11.3 Å². The van der Waals surface area contributed by atoms with Crippen molar-refractivity contribution in [3.63, 3.8) is 0 Å². The summed E-state index contributed by atoms with van der Waals surface area (Å²) in [5, 5.41) is 2.75. The minimum atomic E-state index is 0.362. The highest BCUT2D eigenvalue weighted by molar-refractivity contribution is 9.10. The monoisotopic (exact) mass is 311 g/mol. The fourth-order valence-electron chi connectivity index (χ4n) is 1.48. The van der Waals surface area contributed by atoms with Gasteiger partial charge >= 0.3 is 0 Å². The molecular formula is C12H10BrNO2S. The number of nitrogens with zero attached hydrogens (tertiary/aromatic N) is 1. The number of halogens is 1. The third-order valence-corrected chi connectivity index (χ3v) is 3.61. The van der Waals surface area contributed by atoms with Gasteiger partial charge in [-0.15, -0.1) is 11.3 Å². The smallest absolute Gasteiger partial charge is 0.128 e. The Balaban J connectivity index is 2.43. The first-order valence-electron chi connectivity index (χ1n) is 4.96. The second-order valence-corrected chi connectivity index (χ2v) is 5.20. The molecule has 1 aromatic heterocycles. The SMILES string of the molecule is COc1ccc(Br)cc1-c1csc(CC=O)n1. The van der Waals surface area contributed by atoms with Crippen LogP contribution in [0.5, 0.6) is 5.75 Å². The lowest BCUT2D eigenvalue weighted by Gasteiger charge is -2.06. The van der Waals surface area contributed by atoms with Crippen LogP contribution >= 0.6 is 27.3 Å². The van der Waals surface area contributed by atoms with Crippen molar-refractivity contribution in [2.45, 2.75) is 6.42 Å². The van der Waals surface area contributed by atoms with Gasteiger partial charge in [0.1, 0.15) is 17.0 Å². The molecule has 17 heavy (non-hydrogen) atoms. The van der Waals surface area contributed by atoms with Gasteiger partial charge in [-0.3, -0.25) is 0 Å². The molecule has 0 aliphatic carbocycles. The molecule has 1 aromatic carbocycles. The fourth-order valence-corrected chi connectivity index (χ4v) is 2.58. The summed E-state index contributed by atoms with van der Waals surface area (Å²) in [6, 6.07) is 5.76. The van der Waals surface area contributed by atoms with Gasteiger partial charge in [0.25, 0.3) is 0 Å². The minimum absolute atomic E-state index is 0.362. The van der Waals surface area contributed by atoms with Crippen molar-refractivity contribution in [1.82, 2.24) is 4.98 Å². The number of thiazole rings is 1. The zero-order valence-electron chi connectivity index (χ0n) is 9.14. The lowest BCUT2D eigenvalue weighted by atomic mass is 10.1. The first-order valence-corrected chi connectivity index (χ1v) is 6.64. The predicted molar refractivity (Wildman–Crippen MR) is 71.6 cm³/mol. The Morgan fingerprint density at radius 1 is 1.53 bits per heavy atom. The Bertz CT molecular complexity index is 539. The molecule has 0 amide bonds. The number of ether oxygens (including phenoxy) is 1. The third kappa shape index (κ3) is 2.73. The summed E-state index contributed by atoms with van der Waals surface area (Å²) in [7, 11) is 1.63. The fraction of sp³-hybridized carbons (Fsp3) is 0.167. The maximum Gasteiger partial charge on any atom is 0.128 e. The number of aldehydes is 1. The number of hydrogen-bond donors (Lipinski definition) is 0. The van der Waals surface area contributed by atoms with Crippen LogP contribution in [0.15, 0.2) is 28.1 Å². The van der Waals surface area contributed by atoms with Crippen molar-refractivity contribution in [3.8, 4) is 17.0 Å². The Hall–Kier alpha value is -1.20. The van der Waals surface area contributed by atoms with E-state index < -0.39 is 0 Å². The van der Waals surface area contributed by atoms with Crippen molar-refractivity contribution in [2.24, 2.45) is 0 Å². The predicted octanol–water partition coefficient (Wildman–Crippen LogP) is 3.32. The van der Waals surface area contributed by atoms with Gasteiger partial charge in [-0.1, -0.05) is 15.9 Å². The molecule has 2 aromatic rings. The van der Waals surface area contributed by atoms with Crippen molar-refractivity contribution in [2.75, 3.05) is 7.11 Å². The maximum atomic E-state index is 10.4. The van der Waals surface area contributed by atoms with Gasteiger partial charge in [-0.05, 0) is 18.2 Å². The molecule has 0 radical (unpaired) electrons. The second-order valence-electron chi connectivity index (χ2n) is 3.34. The summed E-state index contributed by atoms with van der Waals surface area (Å²) >= 11 is 4.91. The average molecular weight is 312 g/mol. The molecule has 0 unspecified atom stereocenters. The Kier molecular flexibility index (Phi) is 3.91. The van der Waals surface area contributed by atoms with Crippen LogP contribution in [0.4, 0.5) is 0 Å². The molecule has 3 nitrogen and oxygen atoms in total. The number of hydrogen-bond acceptors (Lipinski definition) is 4. The van der Waals surface area contributed by atoms with Crippen LogP contribution in [-0.2, 0) is 11.2 Å². The van der Waals surface area contributed by atoms with E-state index in [0.29, 0.717) is 6.42 Å². The van der Waals surface area contributed by atoms with E-state index in [-0.39, 0.29) is 0 Å². The van der Waals surface area contributed by atoms with E-state index in [2.05, 4.69) is 20.9 Å². The van der Waals surface area contributed by atoms with Crippen LogP contribution in [-0.4, -0.2) is 18.4 Å². The summed E-state index contributed by atoms with van der Waals surface area (Å²) in [5.74, 6) is 0.774. The van der Waals surface area contributed by atoms with Gasteiger partial charge in [0.2, 0.25) is 0 Å². The molecule has 0 spiro atoms. The summed E-state index contributed by atoms with van der Waals surface area (Å²) in [4.78, 5) is 14.8. The molecule has 0 aliphatic heterocycles. The zero-order chi connectivity index (χ0) is 12.3. The van der Waals surface area contributed by atoms with Crippen LogP contribution in [0.25, 0.3) is 11.3 Å². The molecule has 0 saturated heterocycles. The standard InChI is InChI=1S/C12H10BrNO2S/c1-16-11-3-2-8(13)6-9(11)10-7-17-12(14-10)4-5-15/h2-3,5-7H,4H2,1H3. The van der Waals surface area contributed by atoms with Crippen molar-refractivity contribution in [1.29, 1.82) is 0 Å². The molecular weight excluding hydrogens is 302 g/mol.